The molecule has 2 fully saturated rings. The molecule has 0 amide bonds. The smallest absolute Gasteiger partial charge is 0.0352 e. The summed E-state index contributed by atoms with van der Waals surface area (Å²) in [5, 5.41) is 0. The van der Waals surface area contributed by atoms with Crippen LogP contribution in [0.5, 0.6) is 0 Å². The maximum absolute atomic E-state index is 6.36. The summed E-state index contributed by atoms with van der Waals surface area (Å²) in [4.78, 5) is 0. The van der Waals surface area contributed by atoms with Gasteiger partial charge in [-0.2, -0.15) is 0 Å². The van der Waals surface area contributed by atoms with Crippen LogP contribution in [-0.2, 0) is 0 Å². The lowest BCUT2D eigenvalue weighted by Gasteiger charge is -2.26. The zero-order valence-corrected chi connectivity index (χ0v) is 12.0. The van der Waals surface area contributed by atoms with Gasteiger partial charge in [0.25, 0.3) is 0 Å². The SMILES string of the molecule is Nc1cc(C2CCCCC2)ccc1C1CCCCC1. The van der Waals surface area contributed by atoms with E-state index < -0.39 is 0 Å². The number of hydrogen-bond donors (Lipinski definition) is 1. The van der Waals surface area contributed by atoms with Crippen LogP contribution < -0.4 is 5.73 Å². The first-order valence-corrected chi connectivity index (χ1v) is 8.24. The number of nitrogen functional groups attached to an aromatic ring is 1. The second-order valence-corrected chi connectivity index (χ2v) is 6.56. The van der Waals surface area contributed by atoms with Gasteiger partial charge in [-0.3, -0.25) is 0 Å². The molecule has 0 spiro atoms. The zero-order valence-electron chi connectivity index (χ0n) is 12.0. The zero-order chi connectivity index (χ0) is 13.1. The Hall–Kier alpha value is -0.980. The molecule has 0 heterocycles. The van der Waals surface area contributed by atoms with Gasteiger partial charge in [0.1, 0.15) is 0 Å². The van der Waals surface area contributed by atoms with E-state index >= 15 is 0 Å². The van der Waals surface area contributed by atoms with Gasteiger partial charge in [0.15, 0.2) is 0 Å². The second kappa shape index (κ2) is 5.98. The third kappa shape index (κ3) is 2.96. The highest BCUT2D eigenvalue weighted by molar-refractivity contribution is 5.52. The van der Waals surface area contributed by atoms with Gasteiger partial charge < -0.3 is 5.73 Å². The van der Waals surface area contributed by atoms with Crippen LogP contribution in [-0.4, -0.2) is 0 Å². The van der Waals surface area contributed by atoms with E-state index in [1.807, 2.05) is 0 Å². The van der Waals surface area contributed by atoms with Gasteiger partial charge in [0.2, 0.25) is 0 Å². The highest BCUT2D eigenvalue weighted by Crippen LogP contribution is 2.38. The molecule has 104 valence electrons. The van der Waals surface area contributed by atoms with Crippen LogP contribution in [0.15, 0.2) is 18.2 Å². The van der Waals surface area contributed by atoms with E-state index in [0.717, 1.165) is 17.5 Å². The molecule has 0 atom stereocenters. The Labute approximate surface area is 117 Å². The first kappa shape index (κ1) is 13.0. The summed E-state index contributed by atoms with van der Waals surface area (Å²) < 4.78 is 0. The summed E-state index contributed by atoms with van der Waals surface area (Å²) in [5.74, 6) is 1.51. The molecule has 1 aromatic carbocycles. The molecule has 0 saturated heterocycles. The molecule has 1 aromatic rings. The molecule has 0 bridgehead atoms. The first-order valence-electron chi connectivity index (χ1n) is 8.24. The lowest BCUT2D eigenvalue weighted by Crippen LogP contribution is -2.09. The lowest BCUT2D eigenvalue weighted by molar-refractivity contribution is 0.440. The van der Waals surface area contributed by atoms with Crippen LogP contribution in [0.1, 0.15) is 87.2 Å². The van der Waals surface area contributed by atoms with E-state index in [2.05, 4.69) is 18.2 Å². The third-order valence-corrected chi connectivity index (χ3v) is 5.23. The normalized spacial score (nSPS) is 22.5. The molecular formula is C18H27N. The fourth-order valence-corrected chi connectivity index (χ4v) is 4.07. The monoisotopic (exact) mass is 257 g/mol. The Balaban J connectivity index is 1.76. The molecule has 3 rings (SSSR count). The molecule has 2 N–H and O–H groups in total. The van der Waals surface area contributed by atoms with E-state index in [1.54, 1.807) is 0 Å². The fraction of sp³-hybridized carbons (Fsp3) is 0.667. The maximum Gasteiger partial charge on any atom is 0.0352 e. The van der Waals surface area contributed by atoms with Crippen molar-refractivity contribution in [3.63, 3.8) is 0 Å². The number of benzene rings is 1. The molecular weight excluding hydrogens is 230 g/mol. The minimum atomic E-state index is 0.731. The van der Waals surface area contributed by atoms with E-state index in [-0.39, 0.29) is 0 Å². The standard InChI is InChI=1S/C18H27N/c19-18-13-16(14-7-3-1-4-8-14)11-12-17(18)15-9-5-2-6-10-15/h11-15H,1-10,19H2. The van der Waals surface area contributed by atoms with Gasteiger partial charge in [0.05, 0.1) is 0 Å². The largest absolute Gasteiger partial charge is 0.398 e. The number of rotatable bonds is 2. The molecule has 2 saturated carbocycles. The van der Waals surface area contributed by atoms with Crippen LogP contribution in [0, 0.1) is 0 Å². The van der Waals surface area contributed by atoms with E-state index in [9.17, 15) is 0 Å². The summed E-state index contributed by atoms with van der Waals surface area (Å²) >= 11 is 0. The van der Waals surface area contributed by atoms with E-state index in [0.29, 0.717) is 0 Å². The Morgan fingerprint density at radius 3 is 1.89 bits per heavy atom. The Morgan fingerprint density at radius 2 is 1.32 bits per heavy atom. The van der Waals surface area contributed by atoms with Crippen LogP contribution in [0.25, 0.3) is 0 Å². The highest BCUT2D eigenvalue weighted by Gasteiger charge is 2.20. The Kier molecular flexibility index (Phi) is 4.10. The van der Waals surface area contributed by atoms with Crippen molar-refractivity contribution in [2.24, 2.45) is 0 Å². The summed E-state index contributed by atoms with van der Waals surface area (Å²) in [6, 6.07) is 7.01. The molecule has 2 aliphatic carbocycles. The van der Waals surface area contributed by atoms with E-state index in [1.165, 1.54) is 75.3 Å². The molecule has 1 heteroatoms. The molecule has 0 aliphatic heterocycles. The van der Waals surface area contributed by atoms with Crippen molar-refractivity contribution in [2.75, 3.05) is 5.73 Å². The molecule has 0 aromatic heterocycles. The molecule has 19 heavy (non-hydrogen) atoms. The minimum Gasteiger partial charge on any atom is -0.398 e. The van der Waals surface area contributed by atoms with Gasteiger partial charge in [-0.25, -0.2) is 0 Å². The van der Waals surface area contributed by atoms with Crippen molar-refractivity contribution < 1.29 is 0 Å². The van der Waals surface area contributed by atoms with Crippen LogP contribution in [0.4, 0.5) is 5.69 Å². The van der Waals surface area contributed by atoms with Gasteiger partial charge in [0, 0.05) is 5.69 Å². The lowest BCUT2D eigenvalue weighted by atomic mass is 9.80. The predicted octanol–water partition coefficient (Wildman–Crippen LogP) is 5.36. The van der Waals surface area contributed by atoms with E-state index in [4.69, 9.17) is 5.73 Å². The molecule has 0 radical (unpaired) electrons. The van der Waals surface area contributed by atoms with Crippen LogP contribution in [0.3, 0.4) is 0 Å². The molecule has 2 aliphatic rings. The van der Waals surface area contributed by atoms with Crippen molar-refractivity contribution >= 4 is 5.69 Å². The van der Waals surface area contributed by atoms with Crippen molar-refractivity contribution in [3.8, 4) is 0 Å². The van der Waals surface area contributed by atoms with Crippen molar-refractivity contribution in [3.05, 3.63) is 29.3 Å². The summed E-state index contributed by atoms with van der Waals surface area (Å²) in [6.07, 6.45) is 13.8. The molecule has 1 nitrogen and oxygen atoms in total. The Morgan fingerprint density at radius 1 is 0.737 bits per heavy atom. The molecule has 0 unspecified atom stereocenters. The quantitative estimate of drug-likeness (QED) is 0.709. The number of anilines is 1. The van der Waals surface area contributed by atoms with Crippen LogP contribution >= 0.6 is 0 Å². The predicted molar refractivity (Wildman–Crippen MR) is 82.5 cm³/mol. The summed E-state index contributed by atoms with van der Waals surface area (Å²) in [7, 11) is 0. The highest BCUT2D eigenvalue weighted by atomic mass is 14.6. The Bertz CT molecular complexity index is 412. The number of nitrogens with two attached hydrogens (primary N) is 1. The summed E-state index contributed by atoms with van der Waals surface area (Å²) in [6.45, 7) is 0. The third-order valence-electron chi connectivity index (χ3n) is 5.23. The average Bonchev–Trinajstić information content (AvgIpc) is 2.49. The van der Waals surface area contributed by atoms with Gasteiger partial charge in [-0.05, 0) is 54.7 Å². The summed E-state index contributed by atoms with van der Waals surface area (Å²) in [5.41, 5.74) is 10.4. The minimum absolute atomic E-state index is 0.731. The maximum atomic E-state index is 6.36. The first-order chi connectivity index (χ1) is 9.34. The van der Waals surface area contributed by atoms with Gasteiger partial charge in [-0.15, -0.1) is 0 Å². The fourth-order valence-electron chi connectivity index (χ4n) is 4.07. The van der Waals surface area contributed by atoms with Crippen molar-refractivity contribution in [2.45, 2.75) is 76.0 Å². The second-order valence-electron chi connectivity index (χ2n) is 6.56. The van der Waals surface area contributed by atoms with Crippen LogP contribution in [0.2, 0.25) is 0 Å². The topological polar surface area (TPSA) is 26.0 Å². The van der Waals surface area contributed by atoms with Gasteiger partial charge >= 0.3 is 0 Å². The average molecular weight is 257 g/mol. The van der Waals surface area contributed by atoms with Gasteiger partial charge in [-0.1, -0.05) is 50.7 Å². The van der Waals surface area contributed by atoms with Crippen molar-refractivity contribution in [1.29, 1.82) is 0 Å². The van der Waals surface area contributed by atoms with Crippen molar-refractivity contribution in [1.82, 2.24) is 0 Å². The number of hydrogen-bond acceptors (Lipinski definition) is 1.